The second-order valence-corrected chi connectivity index (χ2v) is 4.89. The van der Waals surface area contributed by atoms with E-state index >= 15 is 0 Å². The highest BCUT2D eigenvalue weighted by atomic mass is 35.5. The zero-order valence-corrected chi connectivity index (χ0v) is 10.2. The van der Waals surface area contributed by atoms with Gasteiger partial charge in [0.25, 0.3) is 0 Å². The van der Waals surface area contributed by atoms with E-state index in [1.807, 2.05) is 18.2 Å². The molecule has 86 valence electrons. The molecule has 2 aromatic rings. The molecule has 0 aromatic heterocycles. The summed E-state index contributed by atoms with van der Waals surface area (Å²) in [6, 6.07) is 19.0. The number of fused-ring (bicyclic) bond motifs is 1. The summed E-state index contributed by atoms with van der Waals surface area (Å²) in [6.45, 7) is 0. The molecule has 1 aliphatic heterocycles. The molecule has 0 spiro atoms. The molecule has 0 radical (unpaired) electrons. The van der Waals surface area contributed by atoms with Gasteiger partial charge >= 0.3 is 0 Å². The monoisotopic (exact) mass is 243 g/mol. The molecule has 1 aliphatic rings. The van der Waals surface area contributed by atoms with Crippen LogP contribution in [0, 0.1) is 0 Å². The van der Waals surface area contributed by atoms with E-state index in [4.69, 9.17) is 11.6 Å². The van der Waals surface area contributed by atoms with E-state index in [2.05, 4.69) is 41.7 Å². The first-order valence-corrected chi connectivity index (χ1v) is 6.32. The largest absolute Gasteiger partial charge is 0.380 e. The van der Waals surface area contributed by atoms with Gasteiger partial charge in [-0.1, -0.05) is 48.5 Å². The van der Waals surface area contributed by atoms with Crippen molar-refractivity contribution in [3.8, 4) is 0 Å². The van der Waals surface area contributed by atoms with Gasteiger partial charge in [0.05, 0.1) is 11.4 Å². The minimum atomic E-state index is 0.0172. The van der Waals surface area contributed by atoms with Crippen LogP contribution in [0.15, 0.2) is 54.6 Å². The maximum atomic E-state index is 6.54. The SMILES string of the molecule is ClC(c1ccccc1)C1Cc2ccccc2N1. The van der Waals surface area contributed by atoms with E-state index in [0.29, 0.717) is 0 Å². The van der Waals surface area contributed by atoms with E-state index in [1.165, 1.54) is 16.8 Å². The van der Waals surface area contributed by atoms with Gasteiger partial charge in [-0.15, -0.1) is 11.6 Å². The van der Waals surface area contributed by atoms with Gasteiger partial charge in [-0.05, 0) is 23.6 Å². The zero-order chi connectivity index (χ0) is 11.7. The normalized spacial score (nSPS) is 19.5. The average Bonchev–Trinajstić information content (AvgIpc) is 2.82. The van der Waals surface area contributed by atoms with E-state index in [0.717, 1.165) is 6.42 Å². The third-order valence-electron chi connectivity index (χ3n) is 3.27. The number of para-hydroxylation sites is 1. The Balaban J connectivity index is 1.81. The standard InChI is InChI=1S/C15H14ClN/c16-15(11-6-2-1-3-7-11)14-10-12-8-4-5-9-13(12)17-14/h1-9,14-15,17H,10H2. The smallest absolute Gasteiger partial charge is 0.0789 e. The summed E-state index contributed by atoms with van der Waals surface area (Å²) < 4.78 is 0. The highest BCUT2D eigenvalue weighted by Gasteiger charge is 2.27. The molecule has 0 bridgehead atoms. The predicted octanol–water partition coefficient (Wildman–Crippen LogP) is 4.00. The molecule has 2 heteroatoms. The first-order chi connectivity index (χ1) is 8.34. The number of anilines is 1. The predicted molar refractivity (Wildman–Crippen MR) is 72.6 cm³/mol. The summed E-state index contributed by atoms with van der Waals surface area (Å²) in [5.41, 5.74) is 3.76. The van der Waals surface area contributed by atoms with Gasteiger partial charge < -0.3 is 5.32 Å². The van der Waals surface area contributed by atoms with Crippen LogP contribution in [0.3, 0.4) is 0 Å². The van der Waals surface area contributed by atoms with Crippen LogP contribution in [0.4, 0.5) is 5.69 Å². The van der Waals surface area contributed by atoms with Crippen molar-refractivity contribution in [3.05, 3.63) is 65.7 Å². The summed E-state index contributed by atoms with van der Waals surface area (Å²) in [5, 5.41) is 3.52. The Morgan fingerprint density at radius 1 is 1.00 bits per heavy atom. The lowest BCUT2D eigenvalue weighted by Crippen LogP contribution is -2.21. The molecule has 0 aliphatic carbocycles. The topological polar surface area (TPSA) is 12.0 Å². The highest BCUT2D eigenvalue weighted by Crippen LogP contribution is 2.35. The lowest BCUT2D eigenvalue weighted by molar-refractivity contribution is 0.722. The molecule has 1 heterocycles. The maximum Gasteiger partial charge on any atom is 0.0789 e. The second-order valence-electron chi connectivity index (χ2n) is 4.42. The zero-order valence-electron chi connectivity index (χ0n) is 9.44. The van der Waals surface area contributed by atoms with Crippen molar-refractivity contribution in [1.82, 2.24) is 0 Å². The summed E-state index contributed by atoms with van der Waals surface area (Å²) in [5.74, 6) is 0. The van der Waals surface area contributed by atoms with Crippen molar-refractivity contribution in [2.45, 2.75) is 17.8 Å². The molecule has 2 unspecified atom stereocenters. The van der Waals surface area contributed by atoms with Crippen LogP contribution in [-0.2, 0) is 6.42 Å². The Labute approximate surface area is 106 Å². The van der Waals surface area contributed by atoms with Crippen LogP contribution in [0.5, 0.6) is 0 Å². The molecular formula is C15H14ClN. The van der Waals surface area contributed by atoms with E-state index < -0.39 is 0 Å². The maximum absolute atomic E-state index is 6.54. The summed E-state index contributed by atoms with van der Waals surface area (Å²) >= 11 is 6.54. The van der Waals surface area contributed by atoms with Crippen LogP contribution < -0.4 is 5.32 Å². The quantitative estimate of drug-likeness (QED) is 0.786. The summed E-state index contributed by atoms with van der Waals surface area (Å²) in [6.07, 6.45) is 0.999. The minimum absolute atomic E-state index is 0.0172. The molecule has 1 nitrogen and oxygen atoms in total. The van der Waals surface area contributed by atoms with Gasteiger partial charge in [0.1, 0.15) is 0 Å². The van der Waals surface area contributed by atoms with Crippen molar-refractivity contribution >= 4 is 17.3 Å². The van der Waals surface area contributed by atoms with Gasteiger partial charge in [-0.25, -0.2) is 0 Å². The number of hydrogen-bond donors (Lipinski definition) is 1. The molecular weight excluding hydrogens is 230 g/mol. The molecule has 0 amide bonds. The fraction of sp³-hybridized carbons (Fsp3) is 0.200. The number of hydrogen-bond acceptors (Lipinski definition) is 1. The molecule has 0 fully saturated rings. The molecule has 0 saturated heterocycles. The Morgan fingerprint density at radius 2 is 1.71 bits per heavy atom. The Kier molecular flexibility index (Phi) is 2.77. The molecule has 2 atom stereocenters. The number of halogens is 1. The van der Waals surface area contributed by atoms with E-state index in [1.54, 1.807) is 0 Å². The van der Waals surface area contributed by atoms with Crippen LogP contribution >= 0.6 is 11.6 Å². The van der Waals surface area contributed by atoms with Crippen LogP contribution in [0.1, 0.15) is 16.5 Å². The molecule has 3 rings (SSSR count). The molecule has 0 saturated carbocycles. The minimum Gasteiger partial charge on any atom is -0.380 e. The van der Waals surface area contributed by atoms with Crippen LogP contribution in [-0.4, -0.2) is 6.04 Å². The van der Waals surface area contributed by atoms with Crippen molar-refractivity contribution in [1.29, 1.82) is 0 Å². The van der Waals surface area contributed by atoms with Crippen molar-refractivity contribution in [2.24, 2.45) is 0 Å². The van der Waals surface area contributed by atoms with Gasteiger partial charge in [0.15, 0.2) is 0 Å². The van der Waals surface area contributed by atoms with E-state index in [-0.39, 0.29) is 11.4 Å². The summed E-state index contributed by atoms with van der Waals surface area (Å²) in [7, 11) is 0. The third-order valence-corrected chi connectivity index (χ3v) is 3.83. The number of benzene rings is 2. The fourth-order valence-electron chi connectivity index (χ4n) is 2.37. The second kappa shape index (κ2) is 4.42. The fourth-order valence-corrected chi connectivity index (χ4v) is 2.67. The number of nitrogens with one attached hydrogen (secondary N) is 1. The van der Waals surface area contributed by atoms with Crippen molar-refractivity contribution in [3.63, 3.8) is 0 Å². The molecule has 2 aromatic carbocycles. The van der Waals surface area contributed by atoms with Crippen LogP contribution in [0.25, 0.3) is 0 Å². The van der Waals surface area contributed by atoms with Crippen LogP contribution in [0.2, 0.25) is 0 Å². The van der Waals surface area contributed by atoms with Gasteiger partial charge in [0, 0.05) is 5.69 Å². The van der Waals surface area contributed by atoms with Crippen molar-refractivity contribution < 1.29 is 0 Å². The third kappa shape index (κ3) is 2.03. The highest BCUT2D eigenvalue weighted by molar-refractivity contribution is 6.21. The Hall–Kier alpha value is -1.47. The van der Waals surface area contributed by atoms with E-state index in [9.17, 15) is 0 Å². The first-order valence-electron chi connectivity index (χ1n) is 5.88. The lowest BCUT2D eigenvalue weighted by atomic mass is 10.0. The van der Waals surface area contributed by atoms with Gasteiger partial charge in [-0.2, -0.15) is 0 Å². The molecule has 1 N–H and O–H groups in total. The molecule has 17 heavy (non-hydrogen) atoms. The Bertz CT molecular complexity index is 484. The summed E-state index contributed by atoms with van der Waals surface area (Å²) in [4.78, 5) is 0. The lowest BCUT2D eigenvalue weighted by Gasteiger charge is -2.18. The Morgan fingerprint density at radius 3 is 2.47 bits per heavy atom. The number of alkyl halides is 1. The van der Waals surface area contributed by atoms with Crippen molar-refractivity contribution in [2.75, 3.05) is 5.32 Å². The first kappa shape index (κ1) is 10.7. The van der Waals surface area contributed by atoms with Gasteiger partial charge in [-0.3, -0.25) is 0 Å². The average molecular weight is 244 g/mol. The van der Waals surface area contributed by atoms with Gasteiger partial charge in [0.2, 0.25) is 0 Å². The number of rotatable bonds is 2.